The second-order valence-electron chi connectivity index (χ2n) is 8.20. The van der Waals surface area contributed by atoms with E-state index in [1.165, 1.54) is 5.56 Å². The quantitative estimate of drug-likeness (QED) is 0.438. The highest BCUT2D eigenvalue weighted by atomic mass is 16.5. The van der Waals surface area contributed by atoms with E-state index in [1.807, 2.05) is 37.3 Å². The first-order valence-corrected chi connectivity index (χ1v) is 10.5. The van der Waals surface area contributed by atoms with Crippen molar-refractivity contribution < 1.29 is 14.3 Å². The van der Waals surface area contributed by atoms with E-state index >= 15 is 0 Å². The van der Waals surface area contributed by atoms with Crippen molar-refractivity contribution in [2.45, 2.75) is 32.6 Å². The first kappa shape index (κ1) is 21.2. The van der Waals surface area contributed by atoms with E-state index in [2.05, 4.69) is 32.0 Å². The minimum Gasteiger partial charge on any atom is -0.440 e. The summed E-state index contributed by atoms with van der Waals surface area (Å²) in [5.74, 6) is 0.465. The largest absolute Gasteiger partial charge is 0.440 e. The molecule has 1 aliphatic heterocycles. The molecule has 0 amide bonds. The molecule has 0 spiro atoms. The fourth-order valence-corrected chi connectivity index (χ4v) is 3.77. The summed E-state index contributed by atoms with van der Waals surface area (Å²) in [5.41, 5.74) is 10.9. The Kier molecular flexibility index (Phi) is 5.70. The molecule has 0 saturated heterocycles. The molecule has 0 saturated carbocycles. The number of carbonyl (C=O) groups is 1. The molecule has 3 aromatic carbocycles. The van der Waals surface area contributed by atoms with Gasteiger partial charge in [-0.25, -0.2) is 4.79 Å². The third-order valence-electron chi connectivity index (χ3n) is 5.62. The fraction of sp³-hybridized carbons (Fsp3) is 0.185. The Morgan fingerprint density at radius 2 is 1.75 bits per heavy atom. The van der Waals surface area contributed by atoms with E-state index in [0.717, 1.165) is 16.7 Å². The van der Waals surface area contributed by atoms with Crippen molar-refractivity contribution >= 4 is 5.97 Å². The number of allylic oxidation sites excluding steroid dienone is 1. The van der Waals surface area contributed by atoms with Gasteiger partial charge in [0.25, 0.3) is 0 Å². The predicted molar refractivity (Wildman–Crippen MR) is 122 cm³/mol. The number of hydrogen-bond donors (Lipinski definition) is 1. The number of nitrogens with two attached hydrogens (primary N) is 1. The zero-order valence-electron chi connectivity index (χ0n) is 18.3. The molecule has 0 fully saturated rings. The molecule has 5 nitrogen and oxygen atoms in total. The zero-order valence-corrected chi connectivity index (χ0v) is 18.3. The molecule has 1 aliphatic rings. The van der Waals surface area contributed by atoms with Gasteiger partial charge in [0.05, 0.1) is 11.5 Å². The summed E-state index contributed by atoms with van der Waals surface area (Å²) in [6.07, 6.45) is 0. The van der Waals surface area contributed by atoms with E-state index in [4.69, 9.17) is 15.2 Å². The lowest BCUT2D eigenvalue weighted by Gasteiger charge is -2.27. The second-order valence-corrected chi connectivity index (χ2v) is 8.20. The van der Waals surface area contributed by atoms with Gasteiger partial charge in [-0.2, -0.15) is 5.26 Å². The lowest BCUT2D eigenvalue weighted by molar-refractivity contribution is 0.0734. The highest BCUT2D eigenvalue weighted by molar-refractivity contribution is 5.91. The summed E-state index contributed by atoms with van der Waals surface area (Å²) in [7, 11) is 0. The minimum absolute atomic E-state index is 0.0555. The van der Waals surface area contributed by atoms with Crippen LogP contribution in [0.3, 0.4) is 0 Å². The molecule has 0 bridgehead atoms. The van der Waals surface area contributed by atoms with Crippen molar-refractivity contribution in [3.8, 4) is 17.6 Å². The first-order chi connectivity index (χ1) is 15.4. The van der Waals surface area contributed by atoms with Crippen LogP contribution in [0.5, 0.6) is 11.5 Å². The van der Waals surface area contributed by atoms with Crippen LogP contribution < -0.4 is 15.2 Å². The predicted octanol–water partition coefficient (Wildman–Crippen LogP) is 5.56. The van der Waals surface area contributed by atoms with Crippen LogP contribution >= 0.6 is 0 Å². The molecule has 4 rings (SSSR count). The summed E-state index contributed by atoms with van der Waals surface area (Å²) in [4.78, 5) is 12.5. The maximum absolute atomic E-state index is 12.5. The third-order valence-corrected chi connectivity index (χ3v) is 5.62. The fourth-order valence-electron chi connectivity index (χ4n) is 3.77. The van der Waals surface area contributed by atoms with Crippen LogP contribution in [0.2, 0.25) is 0 Å². The number of nitriles is 1. The number of fused-ring (bicyclic) bond motifs is 1. The normalized spacial score (nSPS) is 15.0. The molecule has 1 unspecified atom stereocenters. The Morgan fingerprint density at radius 3 is 2.38 bits per heavy atom. The monoisotopic (exact) mass is 424 g/mol. The van der Waals surface area contributed by atoms with E-state index < -0.39 is 5.97 Å². The molecule has 5 heteroatoms. The van der Waals surface area contributed by atoms with Gasteiger partial charge in [-0.1, -0.05) is 61.9 Å². The Labute approximate surface area is 187 Å². The van der Waals surface area contributed by atoms with Gasteiger partial charge in [0.2, 0.25) is 5.88 Å². The highest BCUT2D eigenvalue weighted by Crippen LogP contribution is 2.43. The van der Waals surface area contributed by atoms with Gasteiger partial charge >= 0.3 is 5.97 Å². The number of nitrogens with zero attached hydrogens (tertiary/aromatic N) is 1. The molecule has 0 aliphatic carbocycles. The molecular weight excluding hydrogens is 400 g/mol. The Hall–Kier alpha value is -4.04. The van der Waals surface area contributed by atoms with Crippen molar-refractivity contribution in [3.63, 3.8) is 0 Å². The molecule has 1 atom stereocenters. The SMILES string of the molecule is Cc1ccc(C(=O)Oc2ccc3c(c2)OC(N)=C(C#N)C3c2ccc(C(C)C)cc2)cc1. The number of ether oxygens (including phenoxy) is 2. The summed E-state index contributed by atoms with van der Waals surface area (Å²) >= 11 is 0. The van der Waals surface area contributed by atoms with Crippen LogP contribution in [-0.4, -0.2) is 5.97 Å². The second kappa shape index (κ2) is 8.60. The van der Waals surface area contributed by atoms with Gasteiger partial charge in [0, 0.05) is 11.6 Å². The molecule has 1 heterocycles. The van der Waals surface area contributed by atoms with Gasteiger partial charge in [0.15, 0.2) is 0 Å². The Morgan fingerprint density at radius 1 is 1.06 bits per heavy atom. The maximum Gasteiger partial charge on any atom is 0.343 e. The number of benzene rings is 3. The highest BCUT2D eigenvalue weighted by Gasteiger charge is 2.31. The minimum atomic E-state index is -0.456. The van der Waals surface area contributed by atoms with Gasteiger partial charge in [-0.15, -0.1) is 0 Å². The first-order valence-electron chi connectivity index (χ1n) is 10.5. The van der Waals surface area contributed by atoms with Crippen molar-refractivity contribution in [1.82, 2.24) is 0 Å². The molecule has 0 radical (unpaired) electrons. The topological polar surface area (TPSA) is 85.3 Å². The van der Waals surface area contributed by atoms with Gasteiger partial charge in [-0.05, 0) is 42.2 Å². The van der Waals surface area contributed by atoms with E-state index in [0.29, 0.717) is 28.6 Å². The third kappa shape index (κ3) is 4.08. The molecular formula is C27H24N2O3. The molecule has 3 aromatic rings. The van der Waals surface area contributed by atoms with Crippen LogP contribution in [0.15, 0.2) is 78.2 Å². The van der Waals surface area contributed by atoms with Crippen LogP contribution in [-0.2, 0) is 0 Å². The van der Waals surface area contributed by atoms with Gasteiger partial charge in [-0.3, -0.25) is 0 Å². The van der Waals surface area contributed by atoms with Crippen LogP contribution in [0.25, 0.3) is 0 Å². The standard InChI is InChI=1S/C27H24N2O3/c1-16(2)18-8-10-19(11-9-18)25-22-13-12-21(14-24(22)32-26(29)23(25)15-28)31-27(30)20-6-4-17(3)5-7-20/h4-14,16,25H,29H2,1-3H3. The van der Waals surface area contributed by atoms with Crippen LogP contribution in [0, 0.1) is 18.3 Å². The summed E-state index contributed by atoms with van der Waals surface area (Å²) < 4.78 is 11.3. The lowest BCUT2D eigenvalue weighted by Crippen LogP contribution is -2.21. The zero-order chi connectivity index (χ0) is 22.8. The smallest absolute Gasteiger partial charge is 0.343 e. The number of aryl methyl sites for hydroxylation is 1. The maximum atomic E-state index is 12.5. The van der Waals surface area contributed by atoms with Crippen molar-refractivity contribution in [2.24, 2.45) is 5.73 Å². The lowest BCUT2D eigenvalue weighted by atomic mass is 9.83. The molecule has 2 N–H and O–H groups in total. The van der Waals surface area contributed by atoms with Crippen LogP contribution in [0.1, 0.15) is 58.3 Å². The van der Waals surface area contributed by atoms with Crippen LogP contribution in [0.4, 0.5) is 0 Å². The average molecular weight is 425 g/mol. The molecule has 32 heavy (non-hydrogen) atoms. The van der Waals surface area contributed by atoms with Gasteiger partial charge < -0.3 is 15.2 Å². The Bertz CT molecular complexity index is 1230. The summed E-state index contributed by atoms with van der Waals surface area (Å²) in [6, 6.07) is 22.7. The van der Waals surface area contributed by atoms with E-state index in [-0.39, 0.29) is 11.8 Å². The number of esters is 1. The summed E-state index contributed by atoms with van der Waals surface area (Å²) in [6.45, 7) is 6.23. The number of carbonyl (C=O) groups excluding carboxylic acids is 1. The molecule has 0 aromatic heterocycles. The van der Waals surface area contributed by atoms with E-state index in [1.54, 1.807) is 24.3 Å². The number of hydrogen-bond acceptors (Lipinski definition) is 5. The van der Waals surface area contributed by atoms with Gasteiger partial charge in [0.1, 0.15) is 23.1 Å². The van der Waals surface area contributed by atoms with Crippen molar-refractivity contribution in [1.29, 1.82) is 5.26 Å². The Balaban J connectivity index is 1.67. The summed E-state index contributed by atoms with van der Waals surface area (Å²) in [5, 5.41) is 9.74. The average Bonchev–Trinajstić information content (AvgIpc) is 2.78. The molecule has 160 valence electrons. The van der Waals surface area contributed by atoms with Crippen molar-refractivity contribution in [2.75, 3.05) is 0 Å². The van der Waals surface area contributed by atoms with E-state index in [9.17, 15) is 10.1 Å². The van der Waals surface area contributed by atoms with Crippen molar-refractivity contribution in [3.05, 3.63) is 106 Å². The number of rotatable bonds is 4.